The molecule has 0 atom stereocenters. The topological polar surface area (TPSA) is 46.3 Å². The van der Waals surface area contributed by atoms with Gasteiger partial charge in [0.15, 0.2) is 0 Å². The minimum Gasteiger partial charge on any atom is -0.382 e. The Morgan fingerprint density at radius 1 is 1.00 bits per heavy atom. The molecule has 0 aliphatic heterocycles. The molecule has 0 radical (unpaired) electrons. The summed E-state index contributed by atoms with van der Waals surface area (Å²) in [6.45, 7) is 6.25. The lowest BCUT2D eigenvalue weighted by Crippen LogP contribution is -2.17. The third-order valence-electron chi connectivity index (χ3n) is 4.92. The average molecular weight is 367 g/mol. The third-order valence-corrected chi connectivity index (χ3v) is 4.92. The van der Waals surface area contributed by atoms with Crippen molar-refractivity contribution in [1.29, 1.82) is 0 Å². The maximum absolute atomic E-state index is 5.75. The number of H-pyrrole nitrogens is 1. The molecule has 0 saturated carbocycles. The highest BCUT2D eigenvalue weighted by molar-refractivity contribution is 5.95. The van der Waals surface area contributed by atoms with Crippen molar-refractivity contribution in [3.05, 3.63) is 54.1 Å². The summed E-state index contributed by atoms with van der Waals surface area (Å²) < 4.78 is 10.8. The second-order valence-electron chi connectivity index (χ2n) is 6.86. The molecule has 3 aromatic rings. The predicted octanol–water partition coefficient (Wildman–Crippen LogP) is 5.60. The van der Waals surface area contributed by atoms with Crippen LogP contribution in [0, 0.1) is 0 Å². The van der Waals surface area contributed by atoms with Gasteiger partial charge in [-0.1, -0.05) is 44.2 Å². The van der Waals surface area contributed by atoms with E-state index in [-0.39, 0.29) is 0 Å². The molecule has 144 valence electrons. The molecule has 0 unspecified atom stereocenters. The molecular weight excluding hydrogens is 336 g/mol. The van der Waals surface area contributed by atoms with Crippen molar-refractivity contribution in [3.8, 4) is 11.3 Å². The van der Waals surface area contributed by atoms with Crippen LogP contribution in [0.3, 0.4) is 0 Å². The second kappa shape index (κ2) is 9.58. The van der Waals surface area contributed by atoms with E-state index >= 15 is 0 Å². The van der Waals surface area contributed by atoms with E-state index < -0.39 is 0 Å². The molecular formula is C23H30N2O2. The Morgan fingerprint density at radius 3 is 2.48 bits per heavy atom. The summed E-state index contributed by atoms with van der Waals surface area (Å²) in [5.74, 6) is 0. The average Bonchev–Trinajstić information content (AvgIpc) is 3.14. The summed E-state index contributed by atoms with van der Waals surface area (Å²) in [5, 5.41) is 4.92. The maximum Gasteiger partial charge on any atom is 0.0719 e. The number of methoxy groups -OCH3 is 1. The van der Waals surface area contributed by atoms with Crippen LogP contribution in [0.15, 0.2) is 48.5 Å². The van der Waals surface area contributed by atoms with Crippen LogP contribution in [-0.2, 0) is 16.1 Å². The summed E-state index contributed by atoms with van der Waals surface area (Å²) in [4.78, 5) is 3.61. The summed E-state index contributed by atoms with van der Waals surface area (Å²) in [6, 6.07) is 17.5. The van der Waals surface area contributed by atoms with Crippen molar-refractivity contribution in [2.75, 3.05) is 25.6 Å². The molecule has 0 spiro atoms. The SMILES string of the molecule is CCC(CC)Nc1cc(COCCOC)cc2cc(-c3ccccc3)[nH]c12. The van der Waals surface area contributed by atoms with Crippen LogP contribution < -0.4 is 5.32 Å². The molecule has 0 aliphatic rings. The molecule has 27 heavy (non-hydrogen) atoms. The van der Waals surface area contributed by atoms with Crippen LogP contribution in [0.25, 0.3) is 22.2 Å². The molecule has 2 aromatic carbocycles. The fourth-order valence-electron chi connectivity index (χ4n) is 3.32. The van der Waals surface area contributed by atoms with Gasteiger partial charge in [-0.25, -0.2) is 0 Å². The van der Waals surface area contributed by atoms with E-state index in [9.17, 15) is 0 Å². The molecule has 4 nitrogen and oxygen atoms in total. The molecule has 1 aromatic heterocycles. The van der Waals surface area contributed by atoms with Gasteiger partial charge >= 0.3 is 0 Å². The van der Waals surface area contributed by atoms with Gasteiger partial charge in [0.05, 0.1) is 31.0 Å². The van der Waals surface area contributed by atoms with Gasteiger partial charge in [0.25, 0.3) is 0 Å². The van der Waals surface area contributed by atoms with Crippen LogP contribution in [0.2, 0.25) is 0 Å². The number of anilines is 1. The molecule has 0 amide bonds. The van der Waals surface area contributed by atoms with Gasteiger partial charge in [0.1, 0.15) is 0 Å². The van der Waals surface area contributed by atoms with Crippen LogP contribution in [0.1, 0.15) is 32.3 Å². The highest BCUT2D eigenvalue weighted by Crippen LogP contribution is 2.31. The minimum atomic E-state index is 0.460. The normalized spacial score (nSPS) is 11.4. The first-order valence-corrected chi connectivity index (χ1v) is 9.79. The number of fused-ring (bicyclic) bond motifs is 1. The monoisotopic (exact) mass is 366 g/mol. The van der Waals surface area contributed by atoms with Gasteiger partial charge in [-0.15, -0.1) is 0 Å². The quantitative estimate of drug-likeness (QED) is 0.459. The smallest absolute Gasteiger partial charge is 0.0719 e. The fourth-order valence-corrected chi connectivity index (χ4v) is 3.32. The van der Waals surface area contributed by atoms with Crippen LogP contribution >= 0.6 is 0 Å². The van der Waals surface area contributed by atoms with E-state index in [4.69, 9.17) is 9.47 Å². The molecule has 4 heteroatoms. The number of aromatic nitrogens is 1. The number of hydrogen-bond donors (Lipinski definition) is 2. The molecule has 3 rings (SSSR count). The molecule has 0 saturated heterocycles. The van der Waals surface area contributed by atoms with E-state index in [2.05, 4.69) is 66.6 Å². The Balaban J connectivity index is 1.95. The van der Waals surface area contributed by atoms with E-state index in [1.807, 2.05) is 6.07 Å². The van der Waals surface area contributed by atoms with Gasteiger partial charge in [-0.05, 0) is 42.2 Å². The predicted molar refractivity (Wildman–Crippen MR) is 113 cm³/mol. The Morgan fingerprint density at radius 2 is 1.78 bits per heavy atom. The van der Waals surface area contributed by atoms with Gasteiger partial charge in [-0.3, -0.25) is 0 Å². The first-order chi connectivity index (χ1) is 13.2. The maximum atomic E-state index is 5.75. The molecule has 0 fully saturated rings. The Labute approximate surface area is 161 Å². The molecule has 2 N–H and O–H groups in total. The highest BCUT2D eigenvalue weighted by Gasteiger charge is 2.12. The van der Waals surface area contributed by atoms with Crippen LogP contribution in [0.4, 0.5) is 5.69 Å². The van der Waals surface area contributed by atoms with Crippen molar-refractivity contribution in [2.24, 2.45) is 0 Å². The lowest BCUT2D eigenvalue weighted by molar-refractivity contribution is 0.0617. The Hall–Kier alpha value is -2.30. The summed E-state index contributed by atoms with van der Waals surface area (Å²) in [6.07, 6.45) is 2.19. The number of hydrogen-bond acceptors (Lipinski definition) is 3. The van der Waals surface area contributed by atoms with Crippen molar-refractivity contribution in [3.63, 3.8) is 0 Å². The van der Waals surface area contributed by atoms with E-state index in [0.717, 1.165) is 29.7 Å². The lowest BCUT2D eigenvalue weighted by atomic mass is 10.1. The third kappa shape index (κ3) is 4.90. The van der Waals surface area contributed by atoms with E-state index in [1.165, 1.54) is 16.5 Å². The van der Waals surface area contributed by atoms with Gasteiger partial charge in [-0.2, -0.15) is 0 Å². The van der Waals surface area contributed by atoms with Crippen molar-refractivity contribution >= 4 is 16.6 Å². The number of ether oxygens (including phenoxy) is 2. The van der Waals surface area contributed by atoms with Crippen LogP contribution in [-0.4, -0.2) is 31.3 Å². The van der Waals surface area contributed by atoms with Crippen molar-refractivity contribution in [2.45, 2.75) is 39.3 Å². The molecule has 1 heterocycles. The highest BCUT2D eigenvalue weighted by atomic mass is 16.5. The zero-order valence-electron chi connectivity index (χ0n) is 16.5. The zero-order chi connectivity index (χ0) is 19.1. The Bertz CT molecular complexity index is 838. The van der Waals surface area contributed by atoms with E-state index in [1.54, 1.807) is 7.11 Å². The summed E-state index contributed by atoms with van der Waals surface area (Å²) >= 11 is 0. The van der Waals surface area contributed by atoms with Crippen molar-refractivity contribution < 1.29 is 9.47 Å². The standard InChI is InChI=1S/C23H30N2O2/c1-4-20(5-2)24-22-14-17(16-27-12-11-26-3)13-19-15-21(25-23(19)22)18-9-7-6-8-10-18/h6-10,13-15,20,24-25H,4-5,11-12,16H2,1-3H3. The van der Waals surface area contributed by atoms with Crippen molar-refractivity contribution in [1.82, 2.24) is 4.98 Å². The minimum absolute atomic E-state index is 0.460. The number of rotatable bonds is 10. The number of benzene rings is 2. The second-order valence-corrected chi connectivity index (χ2v) is 6.86. The fraction of sp³-hybridized carbons (Fsp3) is 0.391. The van der Waals surface area contributed by atoms with Crippen LogP contribution in [0.5, 0.6) is 0 Å². The molecule has 0 bridgehead atoms. The van der Waals surface area contributed by atoms with Gasteiger partial charge in [0.2, 0.25) is 0 Å². The van der Waals surface area contributed by atoms with E-state index in [0.29, 0.717) is 25.9 Å². The number of aromatic amines is 1. The molecule has 0 aliphatic carbocycles. The summed E-state index contributed by atoms with van der Waals surface area (Å²) in [7, 11) is 1.69. The largest absolute Gasteiger partial charge is 0.382 e. The first kappa shape index (κ1) is 19.5. The zero-order valence-corrected chi connectivity index (χ0v) is 16.5. The van der Waals surface area contributed by atoms with Gasteiger partial charge in [0, 0.05) is 24.2 Å². The lowest BCUT2D eigenvalue weighted by Gasteiger charge is -2.18. The number of nitrogens with one attached hydrogen (secondary N) is 2. The van der Waals surface area contributed by atoms with Gasteiger partial charge < -0.3 is 19.8 Å². The first-order valence-electron chi connectivity index (χ1n) is 9.79. The Kier molecular flexibility index (Phi) is 6.91. The summed E-state index contributed by atoms with van der Waals surface area (Å²) in [5.41, 5.74) is 5.80.